The summed E-state index contributed by atoms with van der Waals surface area (Å²) in [7, 11) is 0. The highest BCUT2D eigenvalue weighted by atomic mass is 32.2. The minimum absolute atomic E-state index is 0.00216. The maximum Gasteiger partial charge on any atom is 0.277 e. The van der Waals surface area contributed by atoms with E-state index in [4.69, 9.17) is 9.15 Å². The van der Waals surface area contributed by atoms with Gasteiger partial charge in [-0.3, -0.25) is 9.59 Å². The van der Waals surface area contributed by atoms with E-state index in [9.17, 15) is 9.59 Å². The Morgan fingerprint density at radius 1 is 1.15 bits per heavy atom. The predicted molar refractivity (Wildman–Crippen MR) is 100 cm³/mol. The second-order valence-corrected chi connectivity index (χ2v) is 6.90. The lowest BCUT2D eigenvalue weighted by atomic mass is 10.2. The Labute approximate surface area is 161 Å². The highest BCUT2D eigenvalue weighted by Gasteiger charge is 2.23. The molecule has 0 unspecified atom stereocenters. The van der Waals surface area contributed by atoms with Crippen molar-refractivity contribution in [3.8, 4) is 17.2 Å². The number of ether oxygens (including phenoxy) is 1. The molecule has 0 atom stereocenters. The molecule has 1 aliphatic rings. The summed E-state index contributed by atoms with van der Waals surface area (Å²) in [4.78, 5) is 27.2. The average Bonchev–Trinajstić information content (AvgIpc) is 3.16. The summed E-state index contributed by atoms with van der Waals surface area (Å²) in [6, 6.07) is 7.46. The molecule has 0 saturated carbocycles. The van der Waals surface area contributed by atoms with Crippen molar-refractivity contribution in [2.24, 2.45) is 0 Å². The minimum Gasteiger partial charge on any atom is -0.493 e. The van der Waals surface area contributed by atoms with Gasteiger partial charge in [0.1, 0.15) is 5.75 Å². The highest BCUT2D eigenvalue weighted by Crippen LogP contribution is 2.30. The normalized spacial score (nSPS) is 14.3. The first kappa shape index (κ1) is 19.2. The number of carbonyl (C=O) groups excluding carboxylic acids is 2. The van der Waals surface area contributed by atoms with Crippen molar-refractivity contribution in [3.05, 3.63) is 24.3 Å². The molecule has 0 bridgehead atoms. The van der Waals surface area contributed by atoms with Gasteiger partial charge >= 0.3 is 0 Å². The number of thioether (sulfide) groups is 1. The van der Waals surface area contributed by atoms with Crippen molar-refractivity contribution in [3.63, 3.8) is 0 Å². The molecule has 1 aromatic heterocycles. The number of amides is 2. The Hall–Kier alpha value is -2.55. The Morgan fingerprint density at radius 3 is 2.56 bits per heavy atom. The zero-order chi connectivity index (χ0) is 19.2. The number of benzene rings is 1. The lowest BCUT2D eigenvalue weighted by Crippen LogP contribution is -2.50. The van der Waals surface area contributed by atoms with Crippen molar-refractivity contribution in [2.45, 2.75) is 19.1 Å². The summed E-state index contributed by atoms with van der Waals surface area (Å²) < 4.78 is 11.3. The van der Waals surface area contributed by atoms with Gasteiger partial charge in [-0.15, -0.1) is 10.2 Å². The first-order valence-corrected chi connectivity index (χ1v) is 9.79. The summed E-state index contributed by atoms with van der Waals surface area (Å²) in [6.07, 6.45) is 0. The van der Waals surface area contributed by atoms with Gasteiger partial charge in [-0.2, -0.15) is 0 Å². The summed E-state index contributed by atoms with van der Waals surface area (Å²) in [5.41, 5.74) is 0.727. The Kier molecular flexibility index (Phi) is 6.33. The van der Waals surface area contributed by atoms with Crippen molar-refractivity contribution in [2.75, 3.05) is 38.5 Å². The SMILES string of the molecule is CCOc1ccccc1-c1nnc(SCC(=O)N2CCN(C(C)=O)CC2)o1. The summed E-state index contributed by atoms with van der Waals surface area (Å²) >= 11 is 1.21. The molecule has 3 rings (SSSR count). The van der Waals surface area contributed by atoms with Gasteiger partial charge < -0.3 is 19.0 Å². The van der Waals surface area contributed by atoms with E-state index in [-0.39, 0.29) is 17.6 Å². The molecular weight excluding hydrogens is 368 g/mol. The molecule has 2 aromatic rings. The third kappa shape index (κ3) is 4.79. The van der Waals surface area contributed by atoms with Crippen molar-refractivity contribution in [1.29, 1.82) is 0 Å². The first-order valence-electron chi connectivity index (χ1n) is 8.80. The van der Waals surface area contributed by atoms with Crippen LogP contribution in [0.5, 0.6) is 5.75 Å². The molecule has 1 aromatic carbocycles. The van der Waals surface area contributed by atoms with Crippen LogP contribution in [0.2, 0.25) is 0 Å². The average molecular weight is 390 g/mol. The number of hydrogen-bond donors (Lipinski definition) is 0. The molecule has 0 aliphatic carbocycles. The monoisotopic (exact) mass is 390 g/mol. The van der Waals surface area contributed by atoms with E-state index in [0.29, 0.717) is 49.6 Å². The van der Waals surface area contributed by atoms with Crippen LogP contribution in [0.1, 0.15) is 13.8 Å². The molecule has 2 amide bonds. The molecule has 0 radical (unpaired) electrons. The number of aromatic nitrogens is 2. The largest absolute Gasteiger partial charge is 0.493 e. The summed E-state index contributed by atoms with van der Waals surface area (Å²) in [6.45, 7) is 6.25. The van der Waals surface area contributed by atoms with Crippen LogP contribution < -0.4 is 4.74 Å². The molecule has 9 heteroatoms. The molecule has 1 saturated heterocycles. The predicted octanol–water partition coefficient (Wildman–Crippen LogP) is 1.92. The van der Waals surface area contributed by atoms with Crippen LogP contribution in [-0.2, 0) is 9.59 Å². The molecule has 144 valence electrons. The fourth-order valence-corrected chi connectivity index (χ4v) is 3.45. The standard InChI is InChI=1S/C18H22N4O4S/c1-3-25-15-7-5-4-6-14(15)17-19-20-18(26-17)27-12-16(24)22-10-8-21(9-11-22)13(2)23/h4-7H,3,8-12H2,1-2H3. The van der Waals surface area contributed by atoms with Gasteiger partial charge in [0.15, 0.2) is 0 Å². The van der Waals surface area contributed by atoms with Gasteiger partial charge in [-0.05, 0) is 19.1 Å². The van der Waals surface area contributed by atoms with E-state index in [1.54, 1.807) is 16.7 Å². The third-order valence-electron chi connectivity index (χ3n) is 4.22. The quantitative estimate of drug-likeness (QED) is 0.696. The topological polar surface area (TPSA) is 88.8 Å². The maximum atomic E-state index is 12.4. The lowest BCUT2D eigenvalue weighted by molar-refractivity contribution is -0.136. The molecule has 27 heavy (non-hydrogen) atoms. The van der Waals surface area contributed by atoms with E-state index in [1.165, 1.54) is 11.8 Å². The zero-order valence-corrected chi connectivity index (χ0v) is 16.2. The number of para-hydroxylation sites is 1. The second-order valence-electron chi connectivity index (χ2n) is 5.98. The smallest absolute Gasteiger partial charge is 0.277 e. The van der Waals surface area contributed by atoms with Gasteiger partial charge in [0.2, 0.25) is 11.8 Å². The number of nitrogens with zero attached hydrogens (tertiary/aromatic N) is 4. The van der Waals surface area contributed by atoms with Gasteiger partial charge in [-0.1, -0.05) is 23.9 Å². The van der Waals surface area contributed by atoms with Gasteiger partial charge in [0.05, 0.1) is 17.9 Å². The van der Waals surface area contributed by atoms with Crippen LogP contribution in [0.15, 0.2) is 33.9 Å². The van der Waals surface area contributed by atoms with Gasteiger partial charge in [0.25, 0.3) is 11.1 Å². The number of piperazine rings is 1. The Balaban J connectivity index is 1.56. The molecule has 0 N–H and O–H groups in total. The molecule has 0 spiro atoms. The molecule has 1 fully saturated rings. The Bertz CT molecular complexity index is 802. The van der Waals surface area contributed by atoms with Crippen molar-refractivity contribution >= 4 is 23.6 Å². The van der Waals surface area contributed by atoms with Crippen LogP contribution in [-0.4, -0.2) is 70.4 Å². The van der Waals surface area contributed by atoms with Crippen LogP contribution in [0.4, 0.5) is 0 Å². The molecule has 8 nitrogen and oxygen atoms in total. The molecule has 2 heterocycles. The number of hydrogen-bond acceptors (Lipinski definition) is 7. The second kappa shape index (κ2) is 8.90. The highest BCUT2D eigenvalue weighted by molar-refractivity contribution is 7.99. The fourth-order valence-electron chi connectivity index (χ4n) is 2.79. The van der Waals surface area contributed by atoms with Crippen LogP contribution in [0, 0.1) is 0 Å². The summed E-state index contributed by atoms with van der Waals surface area (Å²) in [5, 5.41) is 8.42. The zero-order valence-electron chi connectivity index (χ0n) is 15.4. The van der Waals surface area contributed by atoms with E-state index < -0.39 is 0 Å². The van der Waals surface area contributed by atoms with E-state index in [1.807, 2.05) is 31.2 Å². The lowest BCUT2D eigenvalue weighted by Gasteiger charge is -2.34. The number of carbonyl (C=O) groups is 2. The Morgan fingerprint density at radius 2 is 1.85 bits per heavy atom. The van der Waals surface area contributed by atoms with Crippen LogP contribution in [0.25, 0.3) is 11.5 Å². The minimum atomic E-state index is -0.00216. The third-order valence-corrected chi connectivity index (χ3v) is 5.02. The number of rotatable bonds is 6. The van der Waals surface area contributed by atoms with Crippen molar-refractivity contribution in [1.82, 2.24) is 20.0 Å². The van der Waals surface area contributed by atoms with E-state index in [2.05, 4.69) is 10.2 Å². The maximum absolute atomic E-state index is 12.4. The van der Waals surface area contributed by atoms with Gasteiger partial charge in [-0.25, -0.2) is 0 Å². The van der Waals surface area contributed by atoms with E-state index >= 15 is 0 Å². The summed E-state index contributed by atoms with van der Waals surface area (Å²) in [5.74, 6) is 1.30. The fraction of sp³-hybridized carbons (Fsp3) is 0.444. The van der Waals surface area contributed by atoms with Crippen LogP contribution >= 0.6 is 11.8 Å². The van der Waals surface area contributed by atoms with E-state index in [0.717, 1.165) is 5.56 Å². The van der Waals surface area contributed by atoms with Crippen molar-refractivity contribution < 1.29 is 18.7 Å². The van der Waals surface area contributed by atoms with Crippen LogP contribution in [0.3, 0.4) is 0 Å². The molecule has 1 aliphatic heterocycles. The molecular formula is C18H22N4O4S. The van der Waals surface area contributed by atoms with Gasteiger partial charge in [0, 0.05) is 33.1 Å². The first-order chi connectivity index (χ1) is 13.1.